The Hall–Kier alpha value is -0.980. The van der Waals surface area contributed by atoms with Crippen LogP contribution < -0.4 is 0 Å². The molecule has 0 saturated carbocycles. The van der Waals surface area contributed by atoms with Gasteiger partial charge in [-0.25, -0.2) is 0 Å². The fourth-order valence-corrected chi connectivity index (χ4v) is 2.07. The largest absolute Gasteiger partial charge is 0.377 e. The highest BCUT2D eigenvalue weighted by molar-refractivity contribution is 7.98. The van der Waals surface area contributed by atoms with E-state index in [9.17, 15) is 5.11 Å². The molecule has 1 aromatic rings. The van der Waals surface area contributed by atoms with Crippen LogP contribution in [-0.2, 0) is 0 Å². The first-order chi connectivity index (χ1) is 6.79. The van der Waals surface area contributed by atoms with Crippen LogP contribution in [0.5, 0.6) is 0 Å². The van der Waals surface area contributed by atoms with Gasteiger partial charge in [-0.1, -0.05) is 30.3 Å². The van der Waals surface area contributed by atoms with Gasteiger partial charge in [0.2, 0.25) is 0 Å². The molecule has 0 aliphatic carbocycles. The molecule has 2 nitrogen and oxygen atoms in total. The Balaban J connectivity index is 2.84. The van der Waals surface area contributed by atoms with Crippen LogP contribution in [0.15, 0.2) is 30.3 Å². The number of aliphatic hydroxyl groups excluding tert-OH is 1. The topological polar surface area (TPSA) is 44.0 Å². The van der Waals surface area contributed by atoms with E-state index >= 15 is 0 Å². The Morgan fingerprint density at radius 2 is 2.07 bits per heavy atom. The highest BCUT2D eigenvalue weighted by atomic mass is 32.2. The van der Waals surface area contributed by atoms with Crippen molar-refractivity contribution in [2.45, 2.75) is 12.0 Å². The van der Waals surface area contributed by atoms with Crippen LogP contribution in [0.1, 0.15) is 11.5 Å². The number of thioether (sulfide) groups is 1. The van der Waals surface area contributed by atoms with Crippen LogP contribution in [0.3, 0.4) is 0 Å². The maximum Gasteiger partial charge on any atom is 0.148 e. The van der Waals surface area contributed by atoms with Gasteiger partial charge >= 0.3 is 0 Å². The minimum Gasteiger partial charge on any atom is -0.377 e. The summed E-state index contributed by atoms with van der Waals surface area (Å²) in [6.07, 6.45) is 1.06. The zero-order chi connectivity index (χ0) is 10.4. The van der Waals surface area contributed by atoms with Crippen molar-refractivity contribution in [3.63, 3.8) is 0 Å². The predicted octanol–water partition coefficient (Wildman–Crippen LogP) is 2.02. The molecule has 14 heavy (non-hydrogen) atoms. The van der Waals surface area contributed by atoms with Crippen molar-refractivity contribution in [2.75, 3.05) is 12.0 Å². The predicted molar refractivity (Wildman–Crippen MR) is 59.2 cm³/mol. The Kier molecular flexibility index (Phi) is 4.51. The van der Waals surface area contributed by atoms with E-state index in [1.807, 2.05) is 42.7 Å². The quantitative estimate of drug-likeness (QED) is 0.768. The highest BCUT2D eigenvalue weighted by Crippen LogP contribution is 2.22. The first kappa shape index (κ1) is 11.1. The van der Waals surface area contributed by atoms with Crippen LogP contribution in [0.25, 0.3) is 0 Å². The molecule has 0 amide bonds. The Morgan fingerprint density at radius 3 is 2.57 bits per heavy atom. The fraction of sp³-hybridized carbons (Fsp3) is 0.364. The van der Waals surface area contributed by atoms with Gasteiger partial charge in [-0.2, -0.15) is 17.0 Å². The summed E-state index contributed by atoms with van der Waals surface area (Å²) in [5, 5.41) is 18.2. The second kappa shape index (κ2) is 5.69. The molecule has 0 aliphatic rings. The molecule has 0 aliphatic heterocycles. The molecule has 1 rings (SSSR count). The van der Waals surface area contributed by atoms with Gasteiger partial charge < -0.3 is 5.11 Å². The number of nitrogens with zero attached hydrogens (tertiary/aromatic N) is 1. The zero-order valence-corrected chi connectivity index (χ0v) is 8.87. The first-order valence-corrected chi connectivity index (χ1v) is 5.80. The number of rotatable bonds is 4. The molecule has 2 atom stereocenters. The van der Waals surface area contributed by atoms with Crippen molar-refractivity contribution in [3.8, 4) is 6.07 Å². The molecule has 1 aromatic carbocycles. The van der Waals surface area contributed by atoms with Gasteiger partial charge in [0, 0.05) is 11.7 Å². The number of aliphatic hydroxyl groups is 1. The van der Waals surface area contributed by atoms with Gasteiger partial charge in [-0.15, -0.1) is 0 Å². The number of hydrogen-bond acceptors (Lipinski definition) is 3. The third-order valence-electron chi connectivity index (χ3n) is 2.09. The third kappa shape index (κ3) is 2.76. The third-order valence-corrected chi connectivity index (χ3v) is 2.78. The molecule has 0 saturated heterocycles. The van der Waals surface area contributed by atoms with Gasteiger partial charge in [0.05, 0.1) is 6.07 Å². The normalized spacial score (nSPS) is 14.4. The zero-order valence-electron chi connectivity index (χ0n) is 8.05. The van der Waals surface area contributed by atoms with Crippen LogP contribution >= 0.6 is 11.8 Å². The molecule has 3 heteroatoms. The lowest BCUT2D eigenvalue weighted by Gasteiger charge is -2.17. The van der Waals surface area contributed by atoms with E-state index in [2.05, 4.69) is 0 Å². The molecule has 0 bridgehead atoms. The van der Waals surface area contributed by atoms with Crippen molar-refractivity contribution in [1.29, 1.82) is 5.26 Å². The highest BCUT2D eigenvalue weighted by Gasteiger charge is 2.19. The van der Waals surface area contributed by atoms with Gasteiger partial charge in [-0.3, -0.25) is 0 Å². The van der Waals surface area contributed by atoms with Crippen molar-refractivity contribution >= 4 is 11.8 Å². The lowest BCUT2D eigenvalue weighted by atomic mass is 9.96. The van der Waals surface area contributed by atoms with E-state index in [1.165, 1.54) is 0 Å². The lowest BCUT2D eigenvalue weighted by molar-refractivity contribution is 0.206. The van der Waals surface area contributed by atoms with Crippen LogP contribution in [0.4, 0.5) is 0 Å². The maximum absolute atomic E-state index is 9.53. The molecule has 0 spiro atoms. The summed E-state index contributed by atoms with van der Waals surface area (Å²) in [6, 6.07) is 11.6. The SMILES string of the molecule is CSCC(c1ccccc1)C(O)C#N. The van der Waals surface area contributed by atoms with Crippen LogP contribution in [0, 0.1) is 11.3 Å². The van der Waals surface area contributed by atoms with E-state index in [0.29, 0.717) is 0 Å². The molecule has 0 aromatic heterocycles. The second-order valence-corrected chi connectivity index (χ2v) is 3.96. The molecule has 1 N–H and O–H groups in total. The summed E-state index contributed by atoms with van der Waals surface area (Å²) >= 11 is 1.64. The smallest absolute Gasteiger partial charge is 0.148 e. The molecule has 0 heterocycles. The van der Waals surface area contributed by atoms with Crippen LogP contribution in [-0.4, -0.2) is 23.2 Å². The fourth-order valence-electron chi connectivity index (χ4n) is 1.34. The minimum atomic E-state index is -0.912. The standard InChI is InChI=1S/C11H13NOS/c1-14-8-10(11(13)7-12)9-5-3-2-4-6-9/h2-6,10-11,13H,8H2,1H3. The summed E-state index contributed by atoms with van der Waals surface area (Å²) in [6.45, 7) is 0. The second-order valence-electron chi connectivity index (χ2n) is 3.05. The van der Waals surface area contributed by atoms with Gasteiger partial charge in [0.15, 0.2) is 0 Å². The first-order valence-electron chi connectivity index (χ1n) is 4.41. The molecular formula is C11H13NOS. The molecule has 74 valence electrons. The Labute approximate surface area is 88.6 Å². The van der Waals surface area contributed by atoms with E-state index in [1.54, 1.807) is 11.8 Å². The number of hydrogen-bond donors (Lipinski definition) is 1. The molecular weight excluding hydrogens is 194 g/mol. The summed E-state index contributed by atoms with van der Waals surface area (Å²) in [7, 11) is 0. The Morgan fingerprint density at radius 1 is 1.43 bits per heavy atom. The Bertz CT molecular complexity index is 307. The maximum atomic E-state index is 9.53. The van der Waals surface area contributed by atoms with Crippen molar-refractivity contribution < 1.29 is 5.11 Å². The summed E-state index contributed by atoms with van der Waals surface area (Å²) in [4.78, 5) is 0. The molecule has 0 radical (unpaired) electrons. The van der Waals surface area contributed by atoms with Crippen molar-refractivity contribution in [2.24, 2.45) is 0 Å². The summed E-state index contributed by atoms with van der Waals surface area (Å²) < 4.78 is 0. The average Bonchev–Trinajstić information content (AvgIpc) is 2.26. The van der Waals surface area contributed by atoms with E-state index in [0.717, 1.165) is 11.3 Å². The number of benzene rings is 1. The summed E-state index contributed by atoms with van der Waals surface area (Å²) in [5.74, 6) is 0.676. The molecule has 0 fully saturated rings. The average molecular weight is 207 g/mol. The van der Waals surface area contributed by atoms with Gasteiger partial charge in [-0.05, 0) is 11.8 Å². The summed E-state index contributed by atoms with van der Waals surface area (Å²) in [5.41, 5.74) is 1.02. The van der Waals surface area contributed by atoms with Crippen molar-refractivity contribution in [3.05, 3.63) is 35.9 Å². The monoisotopic (exact) mass is 207 g/mol. The van der Waals surface area contributed by atoms with Gasteiger partial charge in [0.25, 0.3) is 0 Å². The van der Waals surface area contributed by atoms with Gasteiger partial charge in [0.1, 0.15) is 6.10 Å². The van der Waals surface area contributed by atoms with Crippen molar-refractivity contribution in [1.82, 2.24) is 0 Å². The van der Waals surface area contributed by atoms with E-state index in [-0.39, 0.29) is 5.92 Å². The van der Waals surface area contributed by atoms with E-state index < -0.39 is 6.10 Å². The minimum absolute atomic E-state index is 0.0869. The van der Waals surface area contributed by atoms with Crippen LogP contribution in [0.2, 0.25) is 0 Å². The lowest BCUT2D eigenvalue weighted by Crippen LogP contribution is -2.18. The molecule has 2 unspecified atom stereocenters. The number of nitriles is 1. The van der Waals surface area contributed by atoms with E-state index in [4.69, 9.17) is 5.26 Å².